The third-order valence-electron chi connectivity index (χ3n) is 5.96. The van der Waals surface area contributed by atoms with Crippen molar-refractivity contribution in [2.24, 2.45) is 0 Å². The Balaban J connectivity index is 1.84. The summed E-state index contributed by atoms with van der Waals surface area (Å²) in [6.07, 6.45) is 0. The first-order chi connectivity index (χ1) is 17.7. The minimum Gasteiger partial charge on any atom is -0.468 e. The Morgan fingerprint density at radius 1 is 0.865 bits per heavy atom. The number of methoxy groups -OCH3 is 2. The van der Waals surface area contributed by atoms with Gasteiger partial charge in [0.25, 0.3) is 0 Å². The number of hydrogen-bond acceptors (Lipinski definition) is 7. The maximum atomic E-state index is 13.6. The number of pyridine rings is 1. The standard InChI is InChI=1S/C28H26N2O6S/c1-19-11-13-21(14-12-19)37(33,34)30(18-27(31)35-2)17-26-24(28(32)36-3)15-16-25(29-26)23-10-6-8-20-7-4-5-9-22(20)23/h4-16H,17-18H2,1-3H3. The van der Waals surface area contributed by atoms with Gasteiger partial charge in [0.2, 0.25) is 10.0 Å². The summed E-state index contributed by atoms with van der Waals surface area (Å²) in [4.78, 5) is 29.5. The van der Waals surface area contributed by atoms with E-state index in [1.54, 1.807) is 24.3 Å². The predicted octanol–water partition coefficient (Wildman–Crippen LogP) is 4.36. The lowest BCUT2D eigenvalue weighted by Gasteiger charge is -2.22. The maximum absolute atomic E-state index is 13.6. The molecule has 0 spiro atoms. The molecule has 3 aromatic carbocycles. The zero-order chi connectivity index (χ0) is 26.6. The second-order valence-corrected chi connectivity index (χ2v) is 10.3. The number of hydrogen-bond donors (Lipinski definition) is 0. The molecule has 0 unspecified atom stereocenters. The number of esters is 2. The lowest BCUT2D eigenvalue weighted by atomic mass is 10.0. The Bertz CT molecular complexity index is 1560. The molecule has 0 saturated heterocycles. The van der Waals surface area contributed by atoms with Crippen molar-refractivity contribution in [1.29, 1.82) is 0 Å². The number of nitrogens with zero attached hydrogens (tertiary/aromatic N) is 2. The van der Waals surface area contributed by atoms with Crippen molar-refractivity contribution < 1.29 is 27.5 Å². The second-order valence-electron chi connectivity index (χ2n) is 8.37. The molecule has 0 aliphatic rings. The van der Waals surface area contributed by atoms with Crippen LogP contribution in [0.2, 0.25) is 0 Å². The van der Waals surface area contributed by atoms with E-state index in [1.165, 1.54) is 26.4 Å². The van der Waals surface area contributed by atoms with Gasteiger partial charge in [0.05, 0.1) is 42.6 Å². The van der Waals surface area contributed by atoms with E-state index in [0.717, 1.165) is 26.2 Å². The molecule has 1 heterocycles. The highest BCUT2D eigenvalue weighted by Crippen LogP contribution is 2.29. The zero-order valence-corrected chi connectivity index (χ0v) is 21.5. The van der Waals surface area contributed by atoms with Gasteiger partial charge in [-0.3, -0.25) is 9.78 Å². The summed E-state index contributed by atoms with van der Waals surface area (Å²) in [5, 5.41) is 1.96. The molecular formula is C28H26N2O6S. The average Bonchev–Trinajstić information content (AvgIpc) is 2.92. The fraction of sp³-hybridized carbons (Fsp3) is 0.179. The van der Waals surface area contributed by atoms with Crippen LogP contribution in [0.1, 0.15) is 21.6 Å². The summed E-state index contributed by atoms with van der Waals surface area (Å²) < 4.78 is 37.7. The van der Waals surface area contributed by atoms with Crippen molar-refractivity contribution in [3.05, 3.63) is 95.7 Å². The lowest BCUT2D eigenvalue weighted by Crippen LogP contribution is -2.36. The number of ether oxygens (including phenoxy) is 2. The Labute approximate surface area is 215 Å². The number of benzene rings is 3. The SMILES string of the molecule is COC(=O)CN(Cc1nc(-c2cccc3ccccc23)ccc1C(=O)OC)S(=O)(=O)c1ccc(C)cc1. The molecule has 1 aromatic heterocycles. The molecule has 0 aliphatic carbocycles. The van der Waals surface area contributed by atoms with E-state index in [9.17, 15) is 18.0 Å². The van der Waals surface area contributed by atoms with Crippen molar-refractivity contribution in [3.63, 3.8) is 0 Å². The average molecular weight is 519 g/mol. The summed E-state index contributed by atoms with van der Waals surface area (Å²) in [7, 11) is -1.73. The van der Waals surface area contributed by atoms with Crippen LogP contribution in [0.25, 0.3) is 22.0 Å². The normalized spacial score (nSPS) is 11.5. The molecule has 0 bridgehead atoms. The molecule has 0 aliphatic heterocycles. The number of carbonyl (C=O) groups excluding carboxylic acids is 2. The smallest absolute Gasteiger partial charge is 0.339 e. The van der Waals surface area contributed by atoms with Gasteiger partial charge in [-0.25, -0.2) is 13.2 Å². The van der Waals surface area contributed by atoms with Gasteiger partial charge in [-0.1, -0.05) is 60.2 Å². The van der Waals surface area contributed by atoms with Crippen LogP contribution < -0.4 is 0 Å². The molecule has 37 heavy (non-hydrogen) atoms. The van der Waals surface area contributed by atoms with Crippen molar-refractivity contribution in [1.82, 2.24) is 9.29 Å². The molecule has 0 atom stereocenters. The van der Waals surface area contributed by atoms with E-state index in [-0.39, 0.29) is 22.7 Å². The van der Waals surface area contributed by atoms with Crippen LogP contribution in [0.15, 0.2) is 83.8 Å². The number of rotatable bonds is 8. The van der Waals surface area contributed by atoms with Crippen LogP contribution in [0.4, 0.5) is 0 Å². The van der Waals surface area contributed by atoms with Crippen LogP contribution in [0.5, 0.6) is 0 Å². The van der Waals surface area contributed by atoms with Crippen LogP contribution in [0.3, 0.4) is 0 Å². The predicted molar refractivity (Wildman–Crippen MR) is 139 cm³/mol. The molecule has 4 rings (SSSR count). The first-order valence-electron chi connectivity index (χ1n) is 11.4. The molecule has 0 fully saturated rings. The Morgan fingerprint density at radius 3 is 2.27 bits per heavy atom. The minimum atomic E-state index is -4.14. The third-order valence-corrected chi connectivity index (χ3v) is 7.77. The Hall–Kier alpha value is -4.08. The van der Waals surface area contributed by atoms with Crippen molar-refractivity contribution >= 4 is 32.7 Å². The highest BCUT2D eigenvalue weighted by atomic mass is 32.2. The molecular weight excluding hydrogens is 492 g/mol. The topological polar surface area (TPSA) is 103 Å². The summed E-state index contributed by atoms with van der Waals surface area (Å²) in [6, 6.07) is 23.1. The highest BCUT2D eigenvalue weighted by molar-refractivity contribution is 7.89. The Morgan fingerprint density at radius 2 is 1.57 bits per heavy atom. The lowest BCUT2D eigenvalue weighted by molar-refractivity contribution is -0.140. The fourth-order valence-electron chi connectivity index (χ4n) is 3.98. The van der Waals surface area contributed by atoms with Crippen LogP contribution in [-0.2, 0) is 30.8 Å². The quantitative estimate of drug-likeness (QED) is 0.319. The van der Waals surface area contributed by atoms with Gasteiger partial charge in [-0.2, -0.15) is 4.31 Å². The zero-order valence-electron chi connectivity index (χ0n) is 20.7. The van der Waals surface area contributed by atoms with Crippen molar-refractivity contribution in [2.45, 2.75) is 18.4 Å². The maximum Gasteiger partial charge on any atom is 0.339 e. The van der Waals surface area contributed by atoms with E-state index in [4.69, 9.17) is 14.5 Å². The molecule has 0 radical (unpaired) electrons. The number of aryl methyl sites for hydroxylation is 1. The first kappa shape index (κ1) is 26.0. The number of carbonyl (C=O) groups is 2. The van der Waals surface area contributed by atoms with Crippen LogP contribution in [0, 0.1) is 6.92 Å². The van der Waals surface area contributed by atoms with E-state index < -0.39 is 28.5 Å². The molecule has 8 nitrogen and oxygen atoms in total. The van der Waals surface area contributed by atoms with Gasteiger partial charge in [0.15, 0.2) is 0 Å². The van der Waals surface area contributed by atoms with Gasteiger partial charge in [-0.15, -0.1) is 0 Å². The van der Waals surface area contributed by atoms with Gasteiger partial charge in [0.1, 0.15) is 6.54 Å². The van der Waals surface area contributed by atoms with Crippen LogP contribution in [-0.4, -0.2) is 50.4 Å². The molecule has 0 N–H and O–H groups in total. The Kier molecular flexibility index (Phi) is 7.66. The number of aromatic nitrogens is 1. The summed E-state index contributed by atoms with van der Waals surface area (Å²) in [5.74, 6) is -1.42. The van der Waals surface area contributed by atoms with Gasteiger partial charge < -0.3 is 9.47 Å². The van der Waals surface area contributed by atoms with E-state index in [1.807, 2.05) is 49.4 Å². The van der Waals surface area contributed by atoms with Gasteiger partial charge >= 0.3 is 11.9 Å². The number of sulfonamides is 1. The monoisotopic (exact) mass is 518 g/mol. The number of fused-ring (bicyclic) bond motifs is 1. The molecule has 4 aromatic rings. The van der Waals surface area contributed by atoms with Crippen LogP contribution >= 0.6 is 0 Å². The van der Waals surface area contributed by atoms with E-state index in [0.29, 0.717) is 5.69 Å². The molecule has 9 heteroatoms. The second kappa shape index (κ2) is 10.9. The van der Waals surface area contributed by atoms with Gasteiger partial charge in [0, 0.05) is 5.56 Å². The summed E-state index contributed by atoms with van der Waals surface area (Å²) >= 11 is 0. The van der Waals surface area contributed by atoms with E-state index in [2.05, 4.69) is 0 Å². The summed E-state index contributed by atoms with van der Waals surface area (Å²) in [5.41, 5.74) is 2.50. The van der Waals surface area contributed by atoms with E-state index >= 15 is 0 Å². The molecule has 0 amide bonds. The van der Waals surface area contributed by atoms with Crippen molar-refractivity contribution in [2.75, 3.05) is 20.8 Å². The minimum absolute atomic E-state index is 0.00632. The fourth-order valence-corrected chi connectivity index (χ4v) is 5.32. The summed E-state index contributed by atoms with van der Waals surface area (Å²) in [6.45, 7) is 0.926. The van der Waals surface area contributed by atoms with Crippen molar-refractivity contribution in [3.8, 4) is 11.3 Å². The first-order valence-corrected chi connectivity index (χ1v) is 12.9. The highest BCUT2D eigenvalue weighted by Gasteiger charge is 2.30. The molecule has 190 valence electrons. The van der Waals surface area contributed by atoms with Gasteiger partial charge in [-0.05, 0) is 42.0 Å². The largest absolute Gasteiger partial charge is 0.468 e. The third kappa shape index (κ3) is 5.52. The molecule has 0 saturated carbocycles.